The molecule has 1 unspecified atom stereocenters. The fourth-order valence-electron chi connectivity index (χ4n) is 2.09. The van der Waals surface area contributed by atoms with Crippen molar-refractivity contribution in [3.63, 3.8) is 0 Å². The van der Waals surface area contributed by atoms with Crippen molar-refractivity contribution in [3.8, 4) is 5.75 Å². The van der Waals surface area contributed by atoms with Gasteiger partial charge in [-0.15, -0.1) is 0 Å². The summed E-state index contributed by atoms with van der Waals surface area (Å²) in [5.74, 6) is 0.990. The normalized spacial score (nSPS) is 17.7. The molecule has 0 aliphatic carbocycles. The van der Waals surface area contributed by atoms with Gasteiger partial charge in [0.25, 0.3) is 0 Å². The van der Waals surface area contributed by atoms with Gasteiger partial charge in [0.05, 0.1) is 19.5 Å². The highest BCUT2D eigenvalue weighted by molar-refractivity contribution is 9.10. The topological polar surface area (TPSA) is 30.5 Å². The highest BCUT2D eigenvalue weighted by Crippen LogP contribution is 2.33. The zero-order chi connectivity index (χ0) is 12.8. The minimum absolute atomic E-state index is 0.370. The minimum Gasteiger partial charge on any atom is -0.502 e. The van der Waals surface area contributed by atoms with Crippen LogP contribution in [0.4, 0.5) is 0 Å². The summed E-state index contributed by atoms with van der Waals surface area (Å²) in [4.78, 5) is 0. The van der Waals surface area contributed by atoms with Gasteiger partial charge in [-0.3, -0.25) is 0 Å². The molecule has 18 heavy (non-hydrogen) atoms. The number of ether oxygens (including phenoxy) is 2. The van der Waals surface area contributed by atoms with Gasteiger partial charge in [0.15, 0.2) is 0 Å². The Morgan fingerprint density at radius 1 is 1.56 bits per heavy atom. The van der Waals surface area contributed by atoms with Crippen LogP contribution in [0.25, 0.3) is 0 Å². The van der Waals surface area contributed by atoms with Gasteiger partial charge in [-0.2, -0.15) is 0 Å². The van der Waals surface area contributed by atoms with Crippen LogP contribution in [0.3, 0.4) is 0 Å². The van der Waals surface area contributed by atoms with Crippen LogP contribution in [0.2, 0.25) is 0 Å². The predicted molar refractivity (Wildman–Crippen MR) is 75.8 cm³/mol. The molecule has 1 heterocycles. The third kappa shape index (κ3) is 3.50. The van der Waals surface area contributed by atoms with E-state index < -0.39 is 0 Å². The van der Waals surface area contributed by atoms with Gasteiger partial charge in [0.1, 0.15) is 5.75 Å². The molecule has 0 radical (unpaired) electrons. The number of halogens is 1. The standard InChI is InChI=1S/C14H18BrNO2/c1-2-17-8-3-7-16-13-6-9-18-14-5-4-11(15)10-12(13)14/h2,4-5,10,13,16H,1,3,6-9H2. The van der Waals surface area contributed by atoms with Crippen LogP contribution in [0.1, 0.15) is 24.4 Å². The lowest BCUT2D eigenvalue weighted by Crippen LogP contribution is -2.28. The van der Waals surface area contributed by atoms with E-state index >= 15 is 0 Å². The lowest BCUT2D eigenvalue weighted by atomic mass is 10.0. The summed E-state index contributed by atoms with van der Waals surface area (Å²) in [6, 6.07) is 6.54. The van der Waals surface area contributed by atoms with E-state index in [4.69, 9.17) is 9.47 Å². The lowest BCUT2D eigenvalue weighted by molar-refractivity contribution is 0.231. The Morgan fingerprint density at radius 2 is 2.44 bits per heavy atom. The summed E-state index contributed by atoms with van der Waals surface area (Å²) in [5, 5.41) is 3.55. The first-order valence-electron chi connectivity index (χ1n) is 6.19. The Hall–Kier alpha value is -1.000. The van der Waals surface area contributed by atoms with Gasteiger partial charge in [0.2, 0.25) is 0 Å². The van der Waals surface area contributed by atoms with Crippen LogP contribution in [0.5, 0.6) is 5.75 Å². The first-order chi connectivity index (χ1) is 8.81. The molecule has 1 aromatic rings. The molecule has 0 aromatic heterocycles. The fraction of sp³-hybridized carbons (Fsp3) is 0.429. The Kier molecular flexibility index (Phi) is 5.08. The summed E-state index contributed by atoms with van der Waals surface area (Å²) in [5.41, 5.74) is 1.24. The molecular weight excluding hydrogens is 294 g/mol. The molecule has 0 bridgehead atoms. The van der Waals surface area contributed by atoms with E-state index in [2.05, 4.69) is 33.9 Å². The molecule has 0 saturated heterocycles. The molecule has 1 N–H and O–H groups in total. The maximum atomic E-state index is 5.65. The maximum Gasteiger partial charge on any atom is 0.124 e. The van der Waals surface area contributed by atoms with Crippen molar-refractivity contribution in [1.29, 1.82) is 0 Å². The summed E-state index contributed by atoms with van der Waals surface area (Å²) >= 11 is 3.51. The average molecular weight is 312 g/mol. The Morgan fingerprint density at radius 3 is 3.28 bits per heavy atom. The van der Waals surface area contributed by atoms with Crippen molar-refractivity contribution < 1.29 is 9.47 Å². The van der Waals surface area contributed by atoms with Gasteiger partial charge in [-0.1, -0.05) is 22.5 Å². The van der Waals surface area contributed by atoms with Gasteiger partial charge >= 0.3 is 0 Å². The van der Waals surface area contributed by atoms with Crippen molar-refractivity contribution in [1.82, 2.24) is 5.32 Å². The van der Waals surface area contributed by atoms with E-state index in [1.807, 2.05) is 12.1 Å². The predicted octanol–water partition coefficient (Wildman–Crippen LogP) is 3.41. The number of hydrogen-bond acceptors (Lipinski definition) is 3. The van der Waals surface area contributed by atoms with Crippen molar-refractivity contribution in [3.05, 3.63) is 41.1 Å². The number of rotatable bonds is 6. The molecular formula is C14H18BrNO2. The minimum atomic E-state index is 0.370. The second kappa shape index (κ2) is 6.81. The molecule has 1 atom stereocenters. The van der Waals surface area contributed by atoms with Crippen LogP contribution in [0, 0.1) is 0 Å². The van der Waals surface area contributed by atoms with Gasteiger partial charge in [-0.05, 0) is 31.2 Å². The highest BCUT2D eigenvalue weighted by Gasteiger charge is 2.20. The first kappa shape index (κ1) is 13.4. The SMILES string of the molecule is C=COCCCNC1CCOc2ccc(Br)cc21. The molecule has 4 heteroatoms. The van der Waals surface area contributed by atoms with E-state index in [-0.39, 0.29) is 0 Å². The zero-order valence-electron chi connectivity index (χ0n) is 10.3. The zero-order valence-corrected chi connectivity index (χ0v) is 11.9. The number of nitrogens with one attached hydrogen (secondary N) is 1. The summed E-state index contributed by atoms with van der Waals surface area (Å²) in [6.45, 7) is 5.94. The van der Waals surface area contributed by atoms with Crippen molar-refractivity contribution in [2.24, 2.45) is 0 Å². The summed E-state index contributed by atoms with van der Waals surface area (Å²) in [6.07, 6.45) is 3.47. The third-order valence-corrected chi connectivity index (χ3v) is 3.45. The van der Waals surface area contributed by atoms with Crippen molar-refractivity contribution >= 4 is 15.9 Å². The molecule has 0 fully saturated rings. The molecule has 0 spiro atoms. The molecule has 98 valence electrons. The van der Waals surface area contributed by atoms with E-state index in [0.29, 0.717) is 12.6 Å². The molecule has 0 amide bonds. The number of benzene rings is 1. The molecule has 1 aliphatic heterocycles. The van der Waals surface area contributed by atoms with E-state index in [1.165, 1.54) is 11.8 Å². The lowest BCUT2D eigenvalue weighted by Gasteiger charge is -2.27. The largest absolute Gasteiger partial charge is 0.502 e. The van der Waals surface area contributed by atoms with Gasteiger partial charge < -0.3 is 14.8 Å². The Balaban J connectivity index is 1.91. The van der Waals surface area contributed by atoms with Crippen LogP contribution in [0.15, 0.2) is 35.5 Å². The number of fused-ring (bicyclic) bond motifs is 1. The summed E-state index contributed by atoms with van der Waals surface area (Å²) < 4.78 is 11.8. The Labute approximate surface area is 116 Å². The average Bonchev–Trinajstić information content (AvgIpc) is 2.39. The smallest absolute Gasteiger partial charge is 0.124 e. The third-order valence-electron chi connectivity index (χ3n) is 2.96. The van der Waals surface area contributed by atoms with Crippen LogP contribution in [-0.4, -0.2) is 19.8 Å². The maximum absolute atomic E-state index is 5.65. The monoisotopic (exact) mass is 311 g/mol. The molecule has 0 saturated carbocycles. The van der Waals surface area contributed by atoms with Crippen LogP contribution < -0.4 is 10.1 Å². The van der Waals surface area contributed by atoms with Crippen LogP contribution in [-0.2, 0) is 4.74 Å². The van der Waals surface area contributed by atoms with E-state index in [9.17, 15) is 0 Å². The van der Waals surface area contributed by atoms with Crippen molar-refractivity contribution in [2.75, 3.05) is 19.8 Å². The van der Waals surface area contributed by atoms with Crippen molar-refractivity contribution in [2.45, 2.75) is 18.9 Å². The molecule has 3 nitrogen and oxygen atoms in total. The van der Waals surface area contributed by atoms with E-state index in [1.54, 1.807) is 0 Å². The second-order valence-electron chi connectivity index (χ2n) is 4.22. The first-order valence-corrected chi connectivity index (χ1v) is 6.98. The van der Waals surface area contributed by atoms with Crippen LogP contribution >= 0.6 is 15.9 Å². The quantitative estimate of drug-likeness (QED) is 0.645. The second-order valence-corrected chi connectivity index (χ2v) is 5.13. The Bertz CT molecular complexity index is 409. The van der Waals surface area contributed by atoms with E-state index in [0.717, 1.165) is 36.2 Å². The number of hydrogen-bond donors (Lipinski definition) is 1. The molecule has 1 aromatic carbocycles. The molecule has 1 aliphatic rings. The fourth-order valence-corrected chi connectivity index (χ4v) is 2.47. The summed E-state index contributed by atoms with van der Waals surface area (Å²) in [7, 11) is 0. The highest BCUT2D eigenvalue weighted by atomic mass is 79.9. The molecule has 2 rings (SSSR count). The van der Waals surface area contributed by atoms with Gasteiger partial charge in [-0.25, -0.2) is 0 Å². The van der Waals surface area contributed by atoms with Gasteiger partial charge in [0, 0.05) is 22.5 Å².